The smallest absolute Gasteiger partial charge is 0.338 e. The van der Waals surface area contributed by atoms with E-state index in [0.717, 1.165) is 5.56 Å². The molecule has 0 aliphatic carbocycles. The molecule has 3 rings (SSSR count). The lowest BCUT2D eigenvalue weighted by molar-refractivity contribution is 0.0526. The zero-order valence-electron chi connectivity index (χ0n) is 15.3. The standard InChI is InChI=1S/C21H16Cl2N2O4/c1-2-28-21(27)14-5-3-13(4-6-14)19-10-8-16(29-19)12-24-25-20(26)17-9-7-15(22)11-18(17)23/h3-12H,2H2,1H3,(H,25,26)/b24-12-. The number of halogens is 2. The van der Waals surface area contributed by atoms with Crippen LogP contribution in [0, 0.1) is 0 Å². The predicted octanol–water partition coefficient (Wildman–Crippen LogP) is 5.19. The average Bonchev–Trinajstić information content (AvgIpc) is 3.17. The maximum absolute atomic E-state index is 12.1. The zero-order chi connectivity index (χ0) is 20.8. The highest BCUT2D eigenvalue weighted by atomic mass is 35.5. The van der Waals surface area contributed by atoms with Crippen molar-refractivity contribution in [3.8, 4) is 11.3 Å². The highest BCUT2D eigenvalue weighted by Gasteiger charge is 2.10. The molecule has 0 spiro atoms. The molecule has 0 unspecified atom stereocenters. The summed E-state index contributed by atoms with van der Waals surface area (Å²) in [6.07, 6.45) is 1.37. The van der Waals surface area contributed by atoms with Crippen molar-refractivity contribution in [3.05, 3.63) is 81.5 Å². The summed E-state index contributed by atoms with van der Waals surface area (Å²) >= 11 is 11.8. The largest absolute Gasteiger partial charge is 0.462 e. The number of carbonyl (C=O) groups excluding carboxylic acids is 2. The first-order valence-electron chi connectivity index (χ1n) is 8.63. The Morgan fingerprint density at radius 1 is 1.10 bits per heavy atom. The van der Waals surface area contributed by atoms with Crippen LogP contribution in [0.15, 0.2) is 64.1 Å². The highest BCUT2D eigenvalue weighted by molar-refractivity contribution is 6.36. The van der Waals surface area contributed by atoms with Gasteiger partial charge in [-0.05, 0) is 49.4 Å². The summed E-state index contributed by atoms with van der Waals surface area (Å²) in [5.41, 5.74) is 3.89. The first kappa shape index (κ1) is 20.6. The summed E-state index contributed by atoms with van der Waals surface area (Å²) in [4.78, 5) is 23.8. The van der Waals surface area contributed by atoms with E-state index in [9.17, 15) is 9.59 Å². The van der Waals surface area contributed by atoms with E-state index in [1.807, 2.05) is 0 Å². The van der Waals surface area contributed by atoms with Gasteiger partial charge in [-0.2, -0.15) is 5.10 Å². The Bertz CT molecular complexity index is 1060. The Hall–Kier alpha value is -3.09. The van der Waals surface area contributed by atoms with Crippen LogP contribution < -0.4 is 5.43 Å². The predicted molar refractivity (Wildman–Crippen MR) is 112 cm³/mol. The van der Waals surface area contributed by atoms with Gasteiger partial charge in [0, 0.05) is 10.6 Å². The van der Waals surface area contributed by atoms with Crippen LogP contribution in [0.25, 0.3) is 11.3 Å². The fraction of sp³-hybridized carbons (Fsp3) is 0.0952. The van der Waals surface area contributed by atoms with Crippen molar-refractivity contribution in [2.75, 3.05) is 6.61 Å². The number of rotatable bonds is 6. The molecule has 1 heterocycles. The molecular formula is C21H16Cl2N2O4. The summed E-state index contributed by atoms with van der Waals surface area (Å²) in [6, 6.07) is 14.9. The molecule has 6 nitrogen and oxygen atoms in total. The van der Waals surface area contributed by atoms with Gasteiger partial charge in [0.1, 0.15) is 11.5 Å². The molecule has 1 aromatic heterocycles. The van der Waals surface area contributed by atoms with Crippen molar-refractivity contribution in [2.45, 2.75) is 6.92 Å². The second-order valence-corrected chi connectivity index (χ2v) is 6.67. The Balaban J connectivity index is 1.64. The number of furan rings is 1. The molecule has 2 aromatic carbocycles. The summed E-state index contributed by atoms with van der Waals surface area (Å²) in [5, 5.41) is 4.55. The highest BCUT2D eigenvalue weighted by Crippen LogP contribution is 2.23. The second-order valence-electron chi connectivity index (χ2n) is 5.82. The van der Waals surface area contributed by atoms with Crippen LogP contribution in [-0.4, -0.2) is 24.7 Å². The van der Waals surface area contributed by atoms with E-state index in [2.05, 4.69) is 10.5 Å². The zero-order valence-corrected chi connectivity index (χ0v) is 16.8. The van der Waals surface area contributed by atoms with Gasteiger partial charge in [0.05, 0.1) is 29.0 Å². The van der Waals surface area contributed by atoms with E-state index in [1.165, 1.54) is 18.3 Å². The van der Waals surface area contributed by atoms with Gasteiger partial charge in [0.15, 0.2) is 0 Å². The van der Waals surface area contributed by atoms with E-state index in [-0.39, 0.29) is 16.6 Å². The van der Waals surface area contributed by atoms with Crippen molar-refractivity contribution < 1.29 is 18.7 Å². The molecule has 0 aliphatic heterocycles. The summed E-state index contributed by atoms with van der Waals surface area (Å²) in [6.45, 7) is 2.08. The van der Waals surface area contributed by atoms with Crippen molar-refractivity contribution in [1.29, 1.82) is 0 Å². The van der Waals surface area contributed by atoms with Crippen molar-refractivity contribution in [2.24, 2.45) is 5.10 Å². The molecule has 8 heteroatoms. The third kappa shape index (κ3) is 5.25. The molecule has 0 saturated carbocycles. The molecule has 0 bridgehead atoms. The maximum atomic E-state index is 12.1. The molecule has 148 valence electrons. The number of hydrazone groups is 1. The molecule has 29 heavy (non-hydrogen) atoms. The Morgan fingerprint density at radius 2 is 1.86 bits per heavy atom. The lowest BCUT2D eigenvalue weighted by Crippen LogP contribution is -2.17. The number of nitrogens with zero attached hydrogens (tertiary/aromatic N) is 1. The van der Waals surface area contributed by atoms with Gasteiger partial charge in [0.25, 0.3) is 5.91 Å². The number of hydrogen-bond acceptors (Lipinski definition) is 5. The fourth-order valence-electron chi connectivity index (χ4n) is 2.45. The van der Waals surface area contributed by atoms with Crippen molar-refractivity contribution in [3.63, 3.8) is 0 Å². The molecule has 1 amide bonds. The van der Waals surface area contributed by atoms with Crippen LogP contribution in [0.3, 0.4) is 0 Å². The molecule has 0 aliphatic rings. The summed E-state index contributed by atoms with van der Waals surface area (Å²) < 4.78 is 10.6. The van der Waals surface area contributed by atoms with E-state index in [0.29, 0.717) is 28.7 Å². The van der Waals surface area contributed by atoms with Crippen LogP contribution in [0.5, 0.6) is 0 Å². The van der Waals surface area contributed by atoms with Gasteiger partial charge in [0.2, 0.25) is 0 Å². The quantitative estimate of drug-likeness (QED) is 0.331. The third-order valence-corrected chi connectivity index (χ3v) is 4.39. The third-order valence-electron chi connectivity index (χ3n) is 3.84. The Morgan fingerprint density at radius 3 is 2.55 bits per heavy atom. The summed E-state index contributed by atoms with van der Waals surface area (Å²) in [5.74, 6) is 0.193. The van der Waals surface area contributed by atoms with Crippen LogP contribution in [-0.2, 0) is 4.74 Å². The first-order valence-corrected chi connectivity index (χ1v) is 9.39. The fourth-order valence-corrected chi connectivity index (χ4v) is 2.95. The molecule has 1 N–H and O–H groups in total. The van der Waals surface area contributed by atoms with E-state index >= 15 is 0 Å². The minimum atomic E-state index is -0.468. The number of hydrogen-bond donors (Lipinski definition) is 1. The van der Waals surface area contributed by atoms with Crippen LogP contribution in [0.2, 0.25) is 10.0 Å². The molecule has 0 saturated heterocycles. The lowest BCUT2D eigenvalue weighted by Gasteiger charge is -2.03. The molecule has 3 aromatic rings. The average molecular weight is 431 g/mol. The maximum Gasteiger partial charge on any atom is 0.338 e. The monoisotopic (exact) mass is 430 g/mol. The van der Waals surface area contributed by atoms with Gasteiger partial charge >= 0.3 is 5.97 Å². The van der Waals surface area contributed by atoms with Crippen LogP contribution in [0.1, 0.15) is 33.4 Å². The first-order chi connectivity index (χ1) is 14.0. The number of benzene rings is 2. The number of nitrogens with one attached hydrogen (secondary N) is 1. The normalized spacial score (nSPS) is 10.9. The minimum absolute atomic E-state index is 0.233. The van der Waals surface area contributed by atoms with E-state index in [1.54, 1.807) is 49.4 Å². The SMILES string of the molecule is CCOC(=O)c1ccc(-c2ccc(/C=N\NC(=O)c3ccc(Cl)cc3Cl)o2)cc1. The number of esters is 1. The van der Waals surface area contributed by atoms with E-state index in [4.69, 9.17) is 32.4 Å². The molecule has 0 radical (unpaired) electrons. The summed E-state index contributed by atoms with van der Waals surface area (Å²) in [7, 11) is 0. The van der Waals surface area contributed by atoms with Gasteiger partial charge in [-0.1, -0.05) is 35.3 Å². The van der Waals surface area contributed by atoms with Gasteiger partial charge in [-0.3, -0.25) is 4.79 Å². The van der Waals surface area contributed by atoms with Gasteiger partial charge in [-0.25, -0.2) is 10.2 Å². The number of ether oxygens (including phenoxy) is 1. The molecule has 0 atom stereocenters. The number of carbonyl (C=O) groups is 2. The minimum Gasteiger partial charge on any atom is -0.462 e. The lowest BCUT2D eigenvalue weighted by atomic mass is 10.1. The number of amides is 1. The molecular weight excluding hydrogens is 415 g/mol. The van der Waals surface area contributed by atoms with Crippen molar-refractivity contribution >= 4 is 41.3 Å². The second kappa shape index (κ2) is 9.41. The van der Waals surface area contributed by atoms with Gasteiger partial charge < -0.3 is 9.15 Å². The Labute approximate surface area is 177 Å². The van der Waals surface area contributed by atoms with Crippen LogP contribution >= 0.6 is 23.2 Å². The van der Waals surface area contributed by atoms with Crippen LogP contribution in [0.4, 0.5) is 0 Å². The van der Waals surface area contributed by atoms with Crippen molar-refractivity contribution in [1.82, 2.24) is 5.43 Å². The van der Waals surface area contributed by atoms with Gasteiger partial charge in [-0.15, -0.1) is 0 Å². The molecule has 0 fully saturated rings. The Kier molecular flexibility index (Phi) is 6.69. The topological polar surface area (TPSA) is 80.9 Å². The van der Waals surface area contributed by atoms with E-state index < -0.39 is 5.91 Å².